The van der Waals surface area contributed by atoms with Crippen molar-refractivity contribution in [1.29, 1.82) is 10.7 Å². The van der Waals surface area contributed by atoms with Crippen LogP contribution in [0.3, 0.4) is 0 Å². The van der Waals surface area contributed by atoms with Crippen LogP contribution in [0.25, 0.3) is 5.57 Å². The van der Waals surface area contributed by atoms with Gasteiger partial charge in [0.2, 0.25) is 5.91 Å². The molecule has 0 radical (unpaired) electrons. The maximum atomic E-state index is 15.2. The van der Waals surface area contributed by atoms with Crippen LogP contribution in [0, 0.1) is 40.2 Å². The summed E-state index contributed by atoms with van der Waals surface area (Å²) >= 11 is 0. The number of carbonyl (C=O) groups excluding carboxylic acids is 2. The summed E-state index contributed by atoms with van der Waals surface area (Å²) < 4.78 is 41.2. The highest BCUT2D eigenvalue weighted by Crippen LogP contribution is 2.43. The highest BCUT2D eigenvalue weighted by molar-refractivity contribution is 6.08. The quantitative estimate of drug-likeness (QED) is 0.379. The van der Waals surface area contributed by atoms with Gasteiger partial charge in [-0.15, -0.1) is 0 Å². The Balaban J connectivity index is 1.42. The van der Waals surface area contributed by atoms with E-state index in [1.165, 1.54) is 23.2 Å². The summed E-state index contributed by atoms with van der Waals surface area (Å²) in [6.45, 7) is 7.29. The first-order valence-electron chi connectivity index (χ1n) is 14.2. The Kier molecular flexibility index (Phi) is 9.64. The minimum atomic E-state index is -1.14. The molecule has 2 saturated heterocycles. The second-order valence-corrected chi connectivity index (χ2v) is 12.1. The highest BCUT2D eigenvalue weighted by Gasteiger charge is 2.52. The molecule has 2 amide bonds. The van der Waals surface area contributed by atoms with E-state index in [-0.39, 0.29) is 35.1 Å². The lowest BCUT2D eigenvalue weighted by Crippen LogP contribution is -2.55. The summed E-state index contributed by atoms with van der Waals surface area (Å²) in [7, 11) is 0. The topological polar surface area (TPSA) is 128 Å². The van der Waals surface area contributed by atoms with Crippen LogP contribution in [0.4, 0.5) is 13.6 Å². The molecule has 4 atom stereocenters. The smallest absolute Gasteiger partial charge is 0.411 e. The number of hydrogen-bond donors (Lipinski definition) is 3. The molecule has 0 spiro atoms. The number of piperidine rings is 1. The van der Waals surface area contributed by atoms with Gasteiger partial charge in [0, 0.05) is 55.8 Å². The van der Waals surface area contributed by atoms with Crippen molar-refractivity contribution in [1.82, 2.24) is 15.5 Å². The van der Waals surface area contributed by atoms with Gasteiger partial charge in [0.05, 0.1) is 6.07 Å². The minimum absolute atomic E-state index is 0.0493. The lowest BCUT2D eigenvalue weighted by molar-refractivity contribution is -0.128. The number of amides is 2. The molecule has 0 unspecified atom stereocenters. The van der Waals surface area contributed by atoms with Gasteiger partial charge < -0.3 is 25.5 Å². The molecule has 41 heavy (non-hydrogen) atoms. The highest BCUT2D eigenvalue weighted by atomic mass is 19.2. The number of nitrogens with one attached hydrogen (secondary N) is 3. The molecule has 222 valence electrons. The van der Waals surface area contributed by atoms with Gasteiger partial charge in [-0.3, -0.25) is 9.69 Å². The van der Waals surface area contributed by atoms with Crippen LogP contribution >= 0.6 is 0 Å². The molecular formula is C30H39F2N5O4. The number of nitrogens with zero attached hydrogens (tertiary/aromatic N) is 2. The first-order chi connectivity index (χ1) is 19.5. The van der Waals surface area contributed by atoms with E-state index in [0.717, 1.165) is 31.9 Å². The predicted molar refractivity (Wildman–Crippen MR) is 149 cm³/mol. The fourth-order valence-electron chi connectivity index (χ4n) is 5.96. The van der Waals surface area contributed by atoms with E-state index in [2.05, 4.69) is 10.6 Å². The Labute approximate surface area is 239 Å². The number of allylic oxidation sites excluding steroid dienone is 1. The molecule has 1 aromatic rings. The molecule has 3 N–H and O–H groups in total. The van der Waals surface area contributed by atoms with Crippen molar-refractivity contribution < 1.29 is 27.8 Å². The third-order valence-corrected chi connectivity index (χ3v) is 7.99. The maximum Gasteiger partial charge on any atom is 0.411 e. The Morgan fingerprint density at radius 3 is 2.61 bits per heavy atom. The van der Waals surface area contributed by atoms with E-state index in [1.807, 2.05) is 6.07 Å². The van der Waals surface area contributed by atoms with Crippen LogP contribution in [0.5, 0.6) is 0 Å². The van der Waals surface area contributed by atoms with Crippen LogP contribution in [0.15, 0.2) is 18.3 Å². The fourth-order valence-corrected chi connectivity index (χ4v) is 5.96. The van der Waals surface area contributed by atoms with E-state index in [0.29, 0.717) is 32.1 Å². The Morgan fingerprint density at radius 1 is 1.22 bits per heavy atom. The number of likely N-dealkylation sites (tertiary alicyclic amines) is 1. The Hall–Kier alpha value is -3.52. The Bertz CT molecular complexity index is 1220. The molecule has 3 aliphatic rings. The first kappa shape index (κ1) is 30.4. The first-order valence-corrected chi connectivity index (χ1v) is 14.2. The van der Waals surface area contributed by atoms with Crippen LogP contribution < -0.4 is 10.6 Å². The second-order valence-electron chi connectivity index (χ2n) is 12.1. The number of nitriles is 1. The van der Waals surface area contributed by atoms with Crippen LogP contribution in [-0.2, 0) is 20.7 Å². The number of ether oxygens (including phenoxy) is 2. The monoisotopic (exact) mass is 571 g/mol. The lowest BCUT2D eigenvalue weighted by atomic mass is 9.96. The Morgan fingerprint density at radius 2 is 1.95 bits per heavy atom. The van der Waals surface area contributed by atoms with Gasteiger partial charge in [-0.05, 0) is 70.3 Å². The normalized spacial score (nSPS) is 23.6. The summed E-state index contributed by atoms with van der Waals surface area (Å²) in [5, 5.41) is 23.2. The van der Waals surface area contributed by atoms with E-state index in [4.69, 9.17) is 14.9 Å². The van der Waals surface area contributed by atoms with E-state index < -0.39 is 41.3 Å². The summed E-state index contributed by atoms with van der Waals surface area (Å²) in [6.07, 6.45) is 5.71. The van der Waals surface area contributed by atoms with Gasteiger partial charge in [0.25, 0.3) is 0 Å². The summed E-state index contributed by atoms with van der Waals surface area (Å²) in [5.41, 5.74) is -0.692. The second kappa shape index (κ2) is 13.0. The van der Waals surface area contributed by atoms with Crippen molar-refractivity contribution in [3.05, 3.63) is 41.1 Å². The van der Waals surface area contributed by atoms with Gasteiger partial charge in [0.1, 0.15) is 17.7 Å². The summed E-state index contributed by atoms with van der Waals surface area (Å²) in [4.78, 5) is 27.7. The number of hydrogen-bond acceptors (Lipinski definition) is 7. The lowest BCUT2D eigenvalue weighted by Gasteiger charge is -2.35. The largest absolute Gasteiger partial charge is 0.444 e. The predicted octanol–water partition coefficient (Wildman–Crippen LogP) is 4.31. The van der Waals surface area contributed by atoms with Gasteiger partial charge in [0.15, 0.2) is 11.6 Å². The maximum absolute atomic E-state index is 15.2. The van der Waals surface area contributed by atoms with E-state index in [1.54, 1.807) is 20.8 Å². The molecule has 1 aromatic carbocycles. The standard InChI is InChI=1S/C30H39F2N5O4/c1-30(2,3)41-29(39)37-23-6-4-20(13-23)27(37)28(38)36-22(15-34)12-19-5-7-24(26(32)25(19)31)21(14-33)17-35-16-18-8-10-40-11-9-18/h5,7,14,17-18,20,22-23,27,33,35H,4,6,8-13,16H2,1-3H3,(H,36,38)/b21-17+,33-14?/t20-,22-,23+,27-/m0/s1. The number of halogens is 2. The van der Waals surface area contributed by atoms with E-state index >= 15 is 8.78 Å². The van der Waals surface area contributed by atoms with Crippen LogP contribution in [0.1, 0.15) is 64.0 Å². The summed E-state index contributed by atoms with van der Waals surface area (Å²) in [6, 6.07) is 2.68. The molecule has 9 nitrogen and oxygen atoms in total. The molecule has 2 heterocycles. The fraction of sp³-hybridized carbons (Fsp3) is 0.600. The average Bonchev–Trinajstić information content (AvgIpc) is 3.55. The van der Waals surface area contributed by atoms with Gasteiger partial charge >= 0.3 is 6.09 Å². The van der Waals surface area contributed by atoms with Gasteiger partial charge in [-0.2, -0.15) is 5.26 Å². The molecule has 0 aromatic heterocycles. The van der Waals surface area contributed by atoms with Crippen LogP contribution in [-0.4, -0.2) is 66.6 Å². The van der Waals surface area contributed by atoms with Gasteiger partial charge in [-0.1, -0.05) is 12.1 Å². The molecule has 3 fully saturated rings. The average molecular weight is 572 g/mol. The molecule has 1 aliphatic carbocycles. The SMILES string of the molecule is CC(C)(C)OC(=O)N1[C@@H]2CC[C@@H](C2)[C@H]1C(=O)N[C@H](C#N)Cc1ccc(/C(C=N)=C/NCC2CCOCC2)c(F)c1F. The van der Waals surface area contributed by atoms with Crippen molar-refractivity contribution in [2.75, 3.05) is 19.8 Å². The number of carbonyl (C=O) groups is 2. The molecule has 11 heteroatoms. The zero-order valence-electron chi connectivity index (χ0n) is 23.8. The summed E-state index contributed by atoms with van der Waals surface area (Å²) in [5.74, 6) is -2.41. The number of benzene rings is 1. The van der Waals surface area contributed by atoms with E-state index in [9.17, 15) is 14.9 Å². The van der Waals surface area contributed by atoms with Crippen LogP contribution in [0.2, 0.25) is 0 Å². The molecule has 2 aliphatic heterocycles. The minimum Gasteiger partial charge on any atom is -0.444 e. The van der Waals surface area contributed by atoms with Crippen molar-refractivity contribution in [3.8, 4) is 6.07 Å². The number of fused-ring (bicyclic) bond motifs is 2. The number of rotatable bonds is 9. The molecule has 2 bridgehead atoms. The zero-order chi connectivity index (χ0) is 29.7. The van der Waals surface area contributed by atoms with Crippen molar-refractivity contribution in [2.45, 2.75) is 83.0 Å². The molecule has 4 rings (SSSR count). The van der Waals surface area contributed by atoms with Crippen molar-refractivity contribution in [3.63, 3.8) is 0 Å². The molecule has 1 saturated carbocycles. The third kappa shape index (κ3) is 7.22. The van der Waals surface area contributed by atoms with Crippen molar-refractivity contribution in [2.24, 2.45) is 11.8 Å². The zero-order valence-corrected chi connectivity index (χ0v) is 23.8. The third-order valence-electron chi connectivity index (χ3n) is 7.99. The van der Waals surface area contributed by atoms with Gasteiger partial charge in [-0.25, -0.2) is 13.6 Å². The van der Waals surface area contributed by atoms with Crippen molar-refractivity contribution >= 4 is 23.8 Å². The molecular weight excluding hydrogens is 532 g/mol.